The van der Waals surface area contributed by atoms with Gasteiger partial charge in [0.15, 0.2) is 5.01 Å². The summed E-state index contributed by atoms with van der Waals surface area (Å²) in [5, 5.41) is 0.644. The van der Waals surface area contributed by atoms with Gasteiger partial charge in [-0.3, -0.25) is 0 Å². The SMILES string of the molecule is Cc1sc(C(N)=S)nc1N.Cl. The number of anilines is 1. The Balaban J connectivity index is 0.000001000. The van der Waals surface area contributed by atoms with E-state index in [9.17, 15) is 0 Å². The molecule has 0 atom stereocenters. The summed E-state index contributed by atoms with van der Waals surface area (Å²) in [6.07, 6.45) is 0. The van der Waals surface area contributed by atoms with Crippen LogP contribution in [0.5, 0.6) is 0 Å². The van der Waals surface area contributed by atoms with Crippen molar-refractivity contribution in [3.8, 4) is 0 Å². The van der Waals surface area contributed by atoms with Crippen LogP contribution in [0.1, 0.15) is 9.88 Å². The lowest BCUT2D eigenvalue weighted by Gasteiger charge is -1.84. The first-order valence-corrected chi connectivity index (χ1v) is 3.86. The van der Waals surface area contributed by atoms with Crippen LogP contribution >= 0.6 is 36.0 Å². The average molecular weight is 210 g/mol. The number of nitrogen functional groups attached to an aromatic ring is 1. The number of rotatable bonds is 1. The van der Waals surface area contributed by atoms with E-state index in [0.717, 1.165) is 4.88 Å². The van der Waals surface area contributed by atoms with Crippen molar-refractivity contribution in [2.45, 2.75) is 6.92 Å². The third-order valence-corrected chi connectivity index (χ3v) is 2.39. The zero-order valence-electron chi connectivity index (χ0n) is 5.83. The van der Waals surface area contributed by atoms with Crippen LogP contribution in [0, 0.1) is 6.92 Å². The Kier molecular flexibility index (Phi) is 3.71. The van der Waals surface area contributed by atoms with Crippen LogP contribution in [-0.4, -0.2) is 9.97 Å². The normalized spacial score (nSPS) is 8.82. The molecule has 0 bridgehead atoms. The van der Waals surface area contributed by atoms with E-state index in [1.54, 1.807) is 0 Å². The van der Waals surface area contributed by atoms with Gasteiger partial charge in [0.05, 0.1) is 0 Å². The highest BCUT2D eigenvalue weighted by molar-refractivity contribution is 7.81. The quantitative estimate of drug-likeness (QED) is 0.680. The van der Waals surface area contributed by atoms with Crippen LogP contribution in [0.3, 0.4) is 0 Å². The Morgan fingerprint density at radius 2 is 2.18 bits per heavy atom. The molecule has 0 aliphatic carbocycles. The topological polar surface area (TPSA) is 64.9 Å². The highest BCUT2D eigenvalue weighted by atomic mass is 35.5. The van der Waals surface area contributed by atoms with Gasteiger partial charge in [0, 0.05) is 4.88 Å². The third-order valence-electron chi connectivity index (χ3n) is 1.04. The molecule has 0 aliphatic rings. The van der Waals surface area contributed by atoms with Gasteiger partial charge < -0.3 is 11.5 Å². The number of hydrogen-bond acceptors (Lipinski definition) is 4. The molecule has 1 aromatic rings. The van der Waals surface area contributed by atoms with Gasteiger partial charge in [-0.25, -0.2) is 4.98 Å². The molecule has 0 aliphatic heterocycles. The van der Waals surface area contributed by atoms with Crippen molar-refractivity contribution in [2.24, 2.45) is 5.73 Å². The van der Waals surface area contributed by atoms with Gasteiger partial charge in [-0.15, -0.1) is 23.7 Å². The summed E-state index contributed by atoms with van der Waals surface area (Å²) >= 11 is 6.13. The largest absolute Gasteiger partial charge is 0.387 e. The van der Waals surface area contributed by atoms with Gasteiger partial charge in [0.1, 0.15) is 10.8 Å². The summed E-state index contributed by atoms with van der Waals surface area (Å²) in [4.78, 5) is 5.21. The van der Waals surface area contributed by atoms with Gasteiger partial charge in [0.25, 0.3) is 0 Å². The summed E-state index contributed by atoms with van der Waals surface area (Å²) in [5.74, 6) is 0.521. The van der Waals surface area contributed by atoms with Crippen molar-refractivity contribution in [3.63, 3.8) is 0 Å². The fourth-order valence-corrected chi connectivity index (χ4v) is 1.37. The molecule has 1 aromatic heterocycles. The zero-order valence-corrected chi connectivity index (χ0v) is 8.28. The number of thiocarbonyl (C=S) groups is 1. The lowest BCUT2D eigenvalue weighted by molar-refractivity contribution is 1.37. The summed E-state index contributed by atoms with van der Waals surface area (Å²) < 4.78 is 0. The molecule has 0 saturated heterocycles. The van der Waals surface area contributed by atoms with Crippen LogP contribution in [0.4, 0.5) is 5.82 Å². The molecule has 0 unspecified atom stereocenters. The number of nitrogens with two attached hydrogens (primary N) is 2. The minimum atomic E-state index is 0. The Bertz CT molecular complexity index is 251. The molecule has 1 rings (SSSR count). The molecule has 0 amide bonds. The molecule has 0 radical (unpaired) electrons. The van der Waals surface area contributed by atoms with Crippen LogP contribution < -0.4 is 11.5 Å². The molecule has 0 fully saturated rings. The van der Waals surface area contributed by atoms with Gasteiger partial charge in [-0.2, -0.15) is 0 Å². The monoisotopic (exact) mass is 209 g/mol. The molecular weight excluding hydrogens is 202 g/mol. The highest BCUT2D eigenvalue weighted by Gasteiger charge is 2.04. The number of aryl methyl sites for hydroxylation is 1. The lowest BCUT2D eigenvalue weighted by Crippen LogP contribution is -2.08. The predicted octanol–water partition coefficient (Wildman–Crippen LogP) is 1.09. The molecule has 62 valence electrons. The second-order valence-corrected chi connectivity index (χ2v) is 3.47. The number of halogens is 1. The number of hydrogen-bond donors (Lipinski definition) is 2. The van der Waals surface area contributed by atoms with Crippen molar-refractivity contribution >= 4 is 46.8 Å². The van der Waals surface area contributed by atoms with E-state index >= 15 is 0 Å². The predicted molar refractivity (Wildman–Crippen MR) is 54.4 cm³/mol. The first-order valence-electron chi connectivity index (χ1n) is 2.64. The smallest absolute Gasteiger partial charge is 0.153 e. The summed E-state index contributed by atoms with van der Waals surface area (Å²) in [6.45, 7) is 1.88. The Labute approximate surface area is 80.2 Å². The fourth-order valence-electron chi connectivity index (χ4n) is 0.514. The van der Waals surface area contributed by atoms with Crippen molar-refractivity contribution < 1.29 is 0 Å². The Morgan fingerprint density at radius 3 is 2.36 bits per heavy atom. The maximum Gasteiger partial charge on any atom is 0.153 e. The molecule has 0 saturated carbocycles. The van der Waals surface area contributed by atoms with E-state index in [1.807, 2.05) is 6.92 Å². The molecule has 6 heteroatoms. The van der Waals surface area contributed by atoms with Crippen LogP contribution in [-0.2, 0) is 0 Å². The van der Waals surface area contributed by atoms with E-state index in [2.05, 4.69) is 4.98 Å². The fraction of sp³-hybridized carbons (Fsp3) is 0.200. The van der Waals surface area contributed by atoms with Crippen molar-refractivity contribution in [1.82, 2.24) is 4.98 Å². The van der Waals surface area contributed by atoms with Crippen molar-refractivity contribution in [3.05, 3.63) is 9.88 Å². The minimum Gasteiger partial charge on any atom is -0.387 e. The molecule has 0 aromatic carbocycles. The number of aromatic nitrogens is 1. The zero-order chi connectivity index (χ0) is 7.72. The maximum absolute atomic E-state index is 5.46. The van der Waals surface area contributed by atoms with Crippen molar-refractivity contribution in [2.75, 3.05) is 5.73 Å². The Morgan fingerprint density at radius 1 is 1.64 bits per heavy atom. The van der Waals surface area contributed by atoms with E-state index in [1.165, 1.54) is 11.3 Å². The molecule has 3 nitrogen and oxygen atoms in total. The lowest BCUT2D eigenvalue weighted by atomic mass is 10.6. The highest BCUT2D eigenvalue weighted by Crippen LogP contribution is 2.18. The summed E-state index contributed by atoms with van der Waals surface area (Å²) in [6, 6.07) is 0. The second kappa shape index (κ2) is 3.85. The molecule has 11 heavy (non-hydrogen) atoms. The van der Waals surface area contributed by atoms with Gasteiger partial charge in [-0.1, -0.05) is 12.2 Å². The van der Waals surface area contributed by atoms with Crippen LogP contribution in [0.15, 0.2) is 0 Å². The summed E-state index contributed by atoms with van der Waals surface area (Å²) in [7, 11) is 0. The van der Waals surface area contributed by atoms with Gasteiger partial charge >= 0.3 is 0 Å². The first-order chi connectivity index (χ1) is 4.61. The van der Waals surface area contributed by atoms with Gasteiger partial charge in [-0.05, 0) is 6.92 Å². The van der Waals surface area contributed by atoms with Gasteiger partial charge in [0.2, 0.25) is 0 Å². The van der Waals surface area contributed by atoms with Crippen LogP contribution in [0.25, 0.3) is 0 Å². The molecule has 0 spiro atoms. The molecular formula is C5H8ClN3S2. The van der Waals surface area contributed by atoms with E-state index in [-0.39, 0.29) is 12.4 Å². The minimum absolute atomic E-state index is 0. The maximum atomic E-state index is 5.46. The second-order valence-electron chi connectivity index (χ2n) is 1.82. The Hall–Kier alpha value is -0.390. The average Bonchev–Trinajstić information content (AvgIpc) is 2.13. The van der Waals surface area contributed by atoms with Crippen LogP contribution in [0.2, 0.25) is 0 Å². The third kappa shape index (κ3) is 2.28. The standard InChI is InChI=1S/C5H7N3S2.ClH/c1-2-3(6)8-5(10-2)4(7)9;/h6H2,1H3,(H2,7,9);1H. The molecule has 1 heterocycles. The number of nitrogens with zero attached hydrogens (tertiary/aromatic N) is 1. The van der Waals surface area contributed by atoms with E-state index in [0.29, 0.717) is 15.8 Å². The van der Waals surface area contributed by atoms with Crippen molar-refractivity contribution in [1.29, 1.82) is 0 Å². The first kappa shape index (κ1) is 10.6. The summed E-state index contributed by atoms with van der Waals surface area (Å²) in [5.41, 5.74) is 10.8. The van der Waals surface area contributed by atoms with E-state index in [4.69, 9.17) is 23.7 Å². The number of thiazole rings is 1. The molecule has 4 N–H and O–H groups in total. The van der Waals surface area contributed by atoms with E-state index < -0.39 is 0 Å².